The van der Waals surface area contributed by atoms with Gasteiger partial charge in [0.25, 0.3) is 0 Å². The number of carboxylic acid groups (broad SMARTS) is 1. The first-order chi connectivity index (χ1) is 10.0. The second-order valence-electron chi connectivity index (χ2n) is 4.30. The van der Waals surface area contributed by atoms with Crippen LogP contribution >= 0.6 is 31.9 Å². The van der Waals surface area contributed by atoms with Crippen molar-refractivity contribution in [2.45, 2.75) is 0 Å². The van der Waals surface area contributed by atoms with Gasteiger partial charge in [-0.25, -0.2) is 9.78 Å². The number of aromatic carboxylic acids is 1. The minimum atomic E-state index is -1.27. The third-order valence-corrected chi connectivity index (χ3v) is 5.14. The number of fused-ring (bicyclic) bond motifs is 1. The molecule has 2 N–H and O–H groups in total. The number of carbonyl (C=O) groups is 1. The van der Waals surface area contributed by atoms with Gasteiger partial charge in [0.2, 0.25) is 0 Å². The number of halogens is 2. The highest BCUT2D eigenvalue weighted by Gasteiger charge is 2.22. The molecule has 5 nitrogen and oxygen atoms in total. The molecule has 1 aromatic carbocycles. The number of hydrogen-bond acceptors (Lipinski definition) is 3. The fourth-order valence-electron chi connectivity index (χ4n) is 2.17. The fourth-order valence-corrected chi connectivity index (χ4v) is 3.33. The molecular weight excluding hydrogens is 404 g/mol. The summed E-state index contributed by atoms with van der Waals surface area (Å²) in [5.74, 6) is -1.63. The molecule has 0 saturated heterocycles. The van der Waals surface area contributed by atoms with E-state index in [2.05, 4.69) is 36.8 Å². The molecule has 0 atom stereocenters. The van der Waals surface area contributed by atoms with Gasteiger partial charge in [-0.05, 0) is 44.0 Å². The molecule has 21 heavy (non-hydrogen) atoms. The average molecular weight is 412 g/mol. The number of aromatic hydroxyl groups is 1. The predicted octanol–water partition coefficient (Wildman–Crippen LogP) is 3.95. The van der Waals surface area contributed by atoms with Crippen LogP contribution in [0.5, 0.6) is 5.75 Å². The van der Waals surface area contributed by atoms with Crippen LogP contribution in [0.3, 0.4) is 0 Å². The second kappa shape index (κ2) is 5.16. The maximum atomic E-state index is 11.1. The van der Waals surface area contributed by atoms with Crippen molar-refractivity contribution >= 4 is 48.7 Å². The number of para-hydroxylation sites is 1. The van der Waals surface area contributed by atoms with Crippen molar-refractivity contribution in [2.75, 3.05) is 0 Å². The van der Waals surface area contributed by atoms with Crippen LogP contribution in [-0.2, 0) is 0 Å². The van der Waals surface area contributed by atoms with E-state index in [4.69, 9.17) is 5.11 Å². The summed E-state index contributed by atoms with van der Waals surface area (Å²) in [5.41, 5.74) is 1.09. The topological polar surface area (TPSA) is 75.3 Å². The first-order valence-corrected chi connectivity index (χ1v) is 7.47. The van der Waals surface area contributed by atoms with Crippen LogP contribution in [0.1, 0.15) is 10.5 Å². The van der Waals surface area contributed by atoms with Crippen molar-refractivity contribution in [3.8, 4) is 11.4 Å². The lowest BCUT2D eigenvalue weighted by atomic mass is 10.2. The van der Waals surface area contributed by atoms with Gasteiger partial charge in [-0.3, -0.25) is 0 Å². The zero-order valence-corrected chi connectivity index (χ0v) is 13.6. The predicted molar refractivity (Wildman–Crippen MR) is 85.1 cm³/mol. The molecule has 0 aliphatic rings. The van der Waals surface area contributed by atoms with Crippen molar-refractivity contribution in [1.29, 1.82) is 0 Å². The molecule has 0 aliphatic carbocycles. The van der Waals surface area contributed by atoms with Gasteiger partial charge in [-0.1, -0.05) is 18.2 Å². The zero-order chi connectivity index (χ0) is 15.1. The lowest BCUT2D eigenvalue weighted by Crippen LogP contribution is -2.01. The highest BCUT2D eigenvalue weighted by Crippen LogP contribution is 2.41. The molecule has 106 valence electrons. The van der Waals surface area contributed by atoms with Crippen LogP contribution in [0.25, 0.3) is 16.6 Å². The normalized spacial score (nSPS) is 11.0. The Kier molecular flexibility index (Phi) is 3.46. The van der Waals surface area contributed by atoms with Crippen LogP contribution in [0, 0.1) is 0 Å². The summed E-state index contributed by atoms with van der Waals surface area (Å²) in [6, 6.07) is 9.48. The van der Waals surface area contributed by atoms with Gasteiger partial charge >= 0.3 is 5.97 Å². The lowest BCUT2D eigenvalue weighted by molar-refractivity contribution is 0.0687. The van der Waals surface area contributed by atoms with E-state index in [-0.39, 0.29) is 11.4 Å². The first-order valence-electron chi connectivity index (χ1n) is 5.88. The molecule has 3 rings (SSSR count). The van der Waals surface area contributed by atoms with Gasteiger partial charge in [-0.2, -0.15) is 0 Å². The Morgan fingerprint density at radius 1 is 1.19 bits per heavy atom. The van der Waals surface area contributed by atoms with Gasteiger partial charge < -0.3 is 14.8 Å². The van der Waals surface area contributed by atoms with Gasteiger partial charge in [0.05, 0.1) is 21.6 Å². The summed E-state index contributed by atoms with van der Waals surface area (Å²) in [6.45, 7) is 0. The number of rotatable bonds is 2. The third kappa shape index (κ3) is 2.13. The Bertz CT molecular complexity index is 860. The fraction of sp³-hybridized carbons (Fsp3) is 0. The van der Waals surface area contributed by atoms with E-state index in [1.54, 1.807) is 0 Å². The Hall–Kier alpha value is -1.86. The average Bonchev–Trinajstić information content (AvgIpc) is 2.72. The maximum absolute atomic E-state index is 11.1. The summed E-state index contributed by atoms with van der Waals surface area (Å²) in [7, 11) is 0. The molecule has 7 heteroatoms. The van der Waals surface area contributed by atoms with Crippen molar-refractivity contribution in [1.82, 2.24) is 9.55 Å². The molecule has 0 spiro atoms. The summed E-state index contributed by atoms with van der Waals surface area (Å²) in [5, 5.41) is 19.6. The van der Waals surface area contributed by atoms with E-state index >= 15 is 0 Å². The summed E-state index contributed by atoms with van der Waals surface area (Å²) in [6.07, 6.45) is 1.43. The monoisotopic (exact) mass is 410 g/mol. The van der Waals surface area contributed by atoms with Crippen LogP contribution < -0.4 is 0 Å². The molecule has 0 unspecified atom stereocenters. The molecule has 0 amide bonds. The molecule has 0 fully saturated rings. The van der Waals surface area contributed by atoms with Gasteiger partial charge in [0, 0.05) is 5.69 Å². The van der Waals surface area contributed by atoms with E-state index < -0.39 is 5.97 Å². The molecular formula is C14H8Br2N2O3. The Morgan fingerprint density at radius 3 is 2.48 bits per heavy atom. The third-order valence-electron chi connectivity index (χ3n) is 3.09. The molecule has 2 aromatic heterocycles. The summed E-state index contributed by atoms with van der Waals surface area (Å²) in [4.78, 5) is 14.9. The van der Waals surface area contributed by atoms with Crippen molar-refractivity contribution in [2.24, 2.45) is 0 Å². The number of pyridine rings is 1. The smallest absolute Gasteiger partial charge is 0.358 e. The molecule has 0 saturated carbocycles. The van der Waals surface area contributed by atoms with Crippen LogP contribution in [0.2, 0.25) is 0 Å². The largest absolute Gasteiger partial charge is 0.505 e. The Labute approximate surface area is 136 Å². The highest BCUT2D eigenvalue weighted by atomic mass is 79.9. The van der Waals surface area contributed by atoms with E-state index in [0.717, 1.165) is 5.69 Å². The van der Waals surface area contributed by atoms with Crippen molar-refractivity contribution in [3.63, 3.8) is 0 Å². The van der Waals surface area contributed by atoms with Crippen molar-refractivity contribution in [3.05, 3.63) is 51.3 Å². The first kappa shape index (κ1) is 14.1. The van der Waals surface area contributed by atoms with Crippen LogP contribution in [0.4, 0.5) is 0 Å². The Balaban J connectivity index is 2.42. The second-order valence-corrected chi connectivity index (χ2v) is 5.84. The SMILES string of the molecule is O=C(O)c1ncc2c(c1O)c(Br)c(Br)n2-c1ccccc1. The van der Waals surface area contributed by atoms with Crippen LogP contribution in [-0.4, -0.2) is 25.7 Å². The van der Waals surface area contributed by atoms with Gasteiger partial charge in [0.15, 0.2) is 11.4 Å². The zero-order valence-electron chi connectivity index (χ0n) is 10.4. The molecule has 2 heterocycles. The quantitative estimate of drug-likeness (QED) is 0.669. The van der Waals surface area contributed by atoms with Gasteiger partial charge in [0.1, 0.15) is 4.60 Å². The van der Waals surface area contributed by atoms with Gasteiger partial charge in [-0.15, -0.1) is 0 Å². The molecule has 3 aromatic rings. The number of carboxylic acids is 1. The molecule has 0 bridgehead atoms. The minimum absolute atomic E-state index is 0.359. The van der Waals surface area contributed by atoms with Crippen LogP contribution in [0.15, 0.2) is 45.6 Å². The van der Waals surface area contributed by atoms with E-state index in [1.165, 1.54) is 6.20 Å². The minimum Gasteiger partial charge on any atom is -0.505 e. The van der Waals surface area contributed by atoms with E-state index in [9.17, 15) is 9.90 Å². The summed E-state index contributed by atoms with van der Waals surface area (Å²) < 4.78 is 3.07. The summed E-state index contributed by atoms with van der Waals surface area (Å²) >= 11 is 6.84. The molecule has 0 aliphatic heterocycles. The number of aromatic nitrogens is 2. The maximum Gasteiger partial charge on any atom is 0.358 e. The standard InChI is InChI=1S/C14H8Br2N2O3/c15-10-9-8(6-17-11(12(9)19)14(20)21)18(13(10)16)7-4-2-1-3-5-7/h1-6,19H,(H,20,21). The van der Waals surface area contributed by atoms with Crippen molar-refractivity contribution < 1.29 is 15.0 Å². The number of nitrogens with zero attached hydrogens (tertiary/aromatic N) is 2. The number of hydrogen-bond donors (Lipinski definition) is 2. The number of benzene rings is 1. The Morgan fingerprint density at radius 2 is 1.86 bits per heavy atom. The highest BCUT2D eigenvalue weighted by molar-refractivity contribution is 9.13. The van der Waals surface area contributed by atoms with E-state index in [1.807, 2.05) is 34.9 Å². The van der Waals surface area contributed by atoms with E-state index in [0.29, 0.717) is 20.0 Å². The molecule has 0 radical (unpaired) electrons. The lowest BCUT2D eigenvalue weighted by Gasteiger charge is -2.07.